The van der Waals surface area contributed by atoms with Crippen molar-refractivity contribution < 1.29 is 53.0 Å². The van der Waals surface area contributed by atoms with Crippen molar-refractivity contribution in [1.29, 1.82) is 0 Å². The van der Waals surface area contributed by atoms with E-state index in [-0.39, 0.29) is 39.0 Å². The molecule has 0 aromatic heterocycles. The van der Waals surface area contributed by atoms with E-state index < -0.39 is 65.9 Å². The number of likely N-dealkylation sites (N-methyl/N-ethyl adjacent to an activating group) is 2. The Bertz CT molecular complexity index is 1430. The van der Waals surface area contributed by atoms with Gasteiger partial charge in [0.15, 0.2) is 5.60 Å². The first-order valence-electron chi connectivity index (χ1n) is 15.6. The number of amides is 2. The van der Waals surface area contributed by atoms with E-state index in [4.69, 9.17) is 33.2 Å². The van der Waals surface area contributed by atoms with Crippen LogP contribution in [0, 0.1) is 0 Å². The van der Waals surface area contributed by atoms with E-state index in [2.05, 4.69) is 0 Å². The van der Waals surface area contributed by atoms with Crippen molar-refractivity contribution in [2.45, 2.75) is 92.8 Å². The van der Waals surface area contributed by atoms with Gasteiger partial charge in [-0.05, 0) is 18.1 Å². The fourth-order valence-corrected chi connectivity index (χ4v) is 7.53. The van der Waals surface area contributed by atoms with E-state index in [0.29, 0.717) is 6.42 Å². The van der Waals surface area contributed by atoms with Crippen LogP contribution in [0.2, 0.25) is 0 Å². The summed E-state index contributed by atoms with van der Waals surface area (Å²) in [6.07, 6.45) is -5.83. The molecule has 4 aliphatic heterocycles. The lowest BCUT2D eigenvalue weighted by Crippen LogP contribution is -2.83. The zero-order valence-electron chi connectivity index (χ0n) is 26.0. The van der Waals surface area contributed by atoms with Gasteiger partial charge in [-0.2, -0.15) is 0 Å². The van der Waals surface area contributed by atoms with E-state index in [0.717, 1.165) is 11.1 Å². The Balaban J connectivity index is 1.21. The van der Waals surface area contributed by atoms with Crippen molar-refractivity contribution in [1.82, 2.24) is 9.80 Å². The molecule has 7 rings (SSSR count). The zero-order valence-corrected chi connectivity index (χ0v) is 26.0. The lowest BCUT2D eigenvalue weighted by atomic mass is 9.69. The molecule has 10 unspecified atom stereocenters. The molecule has 5 fully saturated rings. The zero-order chi connectivity index (χ0) is 32.3. The second kappa shape index (κ2) is 11.7. The lowest BCUT2D eigenvalue weighted by Gasteiger charge is -2.62. The minimum absolute atomic E-state index is 0.00440. The summed E-state index contributed by atoms with van der Waals surface area (Å²) in [5.74, 6) is -2.03. The maximum Gasteiger partial charge on any atom is 0.410 e. The third-order valence-electron chi connectivity index (χ3n) is 10.0. The van der Waals surface area contributed by atoms with E-state index in [1.54, 1.807) is 0 Å². The number of hydrogen-bond donors (Lipinski definition) is 2. The van der Waals surface area contributed by atoms with Crippen molar-refractivity contribution in [3.63, 3.8) is 0 Å². The molecule has 2 spiro atoms. The standard InChI is InChI=1S/C33H40N2O11/c1-20-16-31(19-43-31)33(39)28(44-20)46-32-14-15-40-26(32)23(34(2)29(37)41-17-21-10-6-4-7-11-21)25(36)24(27(32)45-33)35(3)30(38)42-18-22-12-8-5-9-13-22/h4-13,20,23-28,36,39H,14-19H2,1-3H3. The van der Waals surface area contributed by atoms with Crippen LogP contribution < -0.4 is 0 Å². The number of carbonyl (C=O) groups excluding carboxylic acids is 2. The number of aliphatic hydroxyl groups excluding tert-OH is 1. The van der Waals surface area contributed by atoms with Gasteiger partial charge in [0.2, 0.25) is 6.29 Å². The first-order valence-corrected chi connectivity index (χ1v) is 15.6. The molecule has 2 amide bonds. The minimum atomic E-state index is -2.03. The monoisotopic (exact) mass is 640 g/mol. The summed E-state index contributed by atoms with van der Waals surface area (Å²) in [5.41, 5.74) is -0.823. The van der Waals surface area contributed by atoms with Crippen LogP contribution in [0.15, 0.2) is 60.7 Å². The normalized spacial score (nSPS) is 39.0. The first-order chi connectivity index (χ1) is 22.1. The van der Waals surface area contributed by atoms with Crippen molar-refractivity contribution in [3.05, 3.63) is 71.8 Å². The van der Waals surface area contributed by atoms with Gasteiger partial charge in [0.25, 0.3) is 5.79 Å². The second-order valence-electron chi connectivity index (χ2n) is 12.9. The Kier molecular flexibility index (Phi) is 7.99. The predicted octanol–water partition coefficient (Wildman–Crippen LogP) is 2.17. The highest BCUT2D eigenvalue weighted by molar-refractivity contribution is 5.69. The Hall–Kier alpha value is -3.30. The van der Waals surface area contributed by atoms with Gasteiger partial charge < -0.3 is 53.2 Å². The van der Waals surface area contributed by atoms with Gasteiger partial charge in [0.05, 0.1) is 31.4 Å². The number of nitrogens with zero attached hydrogens (tertiary/aromatic N) is 2. The highest BCUT2D eigenvalue weighted by Gasteiger charge is 2.79. The topological polar surface area (TPSA) is 149 Å². The quantitative estimate of drug-likeness (QED) is 0.448. The smallest absolute Gasteiger partial charge is 0.410 e. The molecule has 10 atom stereocenters. The summed E-state index contributed by atoms with van der Waals surface area (Å²) in [5, 5.41) is 24.2. The summed E-state index contributed by atoms with van der Waals surface area (Å²) in [4.78, 5) is 29.6. The summed E-state index contributed by atoms with van der Waals surface area (Å²) in [7, 11) is 2.99. The molecule has 4 heterocycles. The molecule has 46 heavy (non-hydrogen) atoms. The van der Waals surface area contributed by atoms with Crippen LogP contribution in [-0.2, 0) is 46.4 Å². The third-order valence-corrected chi connectivity index (χ3v) is 10.0. The molecule has 2 N–H and O–H groups in total. The molecule has 0 radical (unpaired) electrons. The van der Waals surface area contributed by atoms with Crippen molar-refractivity contribution in [3.8, 4) is 0 Å². The molecule has 2 aromatic carbocycles. The molecule has 4 saturated heterocycles. The number of aliphatic hydroxyl groups is 2. The molecule has 13 heteroatoms. The summed E-state index contributed by atoms with van der Waals surface area (Å²) < 4.78 is 42.6. The van der Waals surface area contributed by atoms with Crippen LogP contribution in [0.4, 0.5) is 9.59 Å². The minimum Gasteiger partial charge on any atom is -0.445 e. The number of carbonyl (C=O) groups is 2. The van der Waals surface area contributed by atoms with Crippen molar-refractivity contribution in [2.75, 3.05) is 27.3 Å². The van der Waals surface area contributed by atoms with Crippen LogP contribution >= 0.6 is 0 Å². The molecular formula is C33H40N2O11. The molecular weight excluding hydrogens is 600 g/mol. The molecule has 1 aliphatic carbocycles. The predicted molar refractivity (Wildman–Crippen MR) is 158 cm³/mol. The summed E-state index contributed by atoms with van der Waals surface area (Å²) >= 11 is 0. The molecule has 13 nitrogen and oxygen atoms in total. The van der Waals surface area contributed by atoms with Gasteiger partial charge >= 0.3 is 12.2 Å². The van der Waals surface area contributed by atoms with E-state index in [9.17, 15) is 19.8 Å². The largest absolute Gasteiger partial charge is 0.445 e. The maximum atomic E-state index is 13.6. The average Bonchev–Trinajstić information content (AvgIpc) is 3.72. The van der Waals surface area contributed by atoms with Crippen molar-refractivity contribution >= 4 is 12.2 Å². The number of benzene rings is 2. The third kappa shape index (κ3) is 5.05. The van der Waals surface area contributed by atoms with Gasteiger partial charge in [-0.15, -0.1) is 0 Å². The van der Waals surface area contributed by atoms with Gasteiger partial charge in [-0.1, -0.05) is 60.7 Å². The van der Waals surface area contributed by atoms with Crippen molar-refractivity contribution in [2.24, 2.45) is 0 Å². The van der Waals surface area contributed by atoms with E-state index in [1.165, 1.54) is 23.9 Å². The molecule has 2 aromatic rings. The fraction of sp³-hybridized carbons (Fsp3) is 0.576. The number of hydrogen-bond acceptors (Lipinski definition) is 11. The average molecular weight is 641 g/mol. The van der Waals surface area contributed by atoms with Crippen LogP contribution in [0.25, 0.3) is 0 Å². The summed E-state index contributed by atoms with van der Waals surface area (Å²) in [6.45, 7) is 2.32. The SMILES string of the molecule is CC1CC2(CO2)C2(O)OC3C(N(C)C(=O)OCc4ccccc4)C(O)C(N(C)C(=O)OCc4ccccc4)C4OCCC43OC2O1. The van der Waals surface area contributed by atoms with Crippen LogP contribution in [0.1, 0.15) is 30.9 Å². The number of rotatable bonds is 6. The van der Waals surface area contributed by atoms with Crippen LogP contribution in [0.3, 0.4) is 0 Å². The molecule has 0 bridgehead atoms. The molecule has 1 saturated carbocycles. The Morgan fingerprint density at radius 1 is 0.891 bits per heavy atom. The van der Waals surface area contributed by atoms with Gasteiger partial charge in [0.1, 0.15) is 37.1 Å². The van der Waals surface area contributed by atoms with Crippen LogP contribution in [0.5, 0.6) is 0 Å². The van der Waals surface area contributed by atoms with E-state index >= 15 is 0 Å². The number of ether oxygens (including phenoxy) is 7. The lowest BCUT2D eigenvalue weighted by molar-refractivity contribution is -0.479. The maximum absolute atomic E-state index is 13.6. The molecule has 248 valence electrons. The van der Waals surface area contributed by atoms with Crippen LogP contribution in [-0.4, -0.2) is 119 Å². The first kappa shape index (κ1) is 31.3. The Morgan fingerprint density at radius 3 is 1.98 bits per heavy atom. The summed E-state index contributed by atoms with van der Waals surface area (Å²) in [6, 6.07) is 16.2. The number of epoxide rings is 1. The molecule has 5 aliphatic rings. The van der Waals surface area contributed by atoms with Gasteiger partial charge in [-0.25, -0.2) is 9.59 Å². The Morgan fingerprint density at radius 2 is 1.43 bits per heavy atom. The highest BCUT2D eigenvalue weighted by Crippen LogP contribution is 2.58. The number of fused-ring (bicyclic) bond motifs is 2. The second-order valence-corrected chi connectivity index (χ2v) is 12.9. The fourth-order valence-electron chi connectivity index (χ4n) is 7.53. The Labute approximate surface area is 266 Å². The highest BCUT2D eigenvalue weighted by atomic mass is 16.8. The van der Waals surface area contributed by atoms with E-state index in [1.807, 2.05) is 67.6 Å². The van der Waals surface area contributed by atoms with Gasteiger partial charge in [-0.3, -0.25) is 0 Å². The van der Waals surface area contributed by atoms with Gasteiger partial charge in [0, 0.05) is 26.9 Å².